The fourth-order valence-corrected chi connectivity index (χ4v) is 3.12. The second-order valence-corrected chi connectivity index (χ2v) is 5.43. The van der Waals surface area contributed by atoms with Crippen LogP contribution in [0.2, 0.25) is 0 Å². The molecule has 1 fully saturated rings. The molecule has 0 saturated carbocycles. The highest BCUT2D eigenvalue weighted by molar-refractivity contribution is 5.27. The molecule has 0 aromatic heterocycles. The van der Waals surface area contributed by atoms with E-state index < -0.39 is 0 Å². The molecule has 1 aromatic rings. The molecule has 1 heterocycles. The highest BCUT2D eigenvalue weighted by Gasteiger charge is 2.29. The number of rotatable bonds is 5. The summed E-state index contributed by atoms with van der Waals surface area (Å²) in [7, 11) is 0. The van der Waals surface area contributed by atoms with E-state index in [9.17, 15) is 5.11 Å². The standard InChI is InChI=1S/C16H26N2O/c1-4-17(5-2)15-10-11-18(12-15)13(3)14-6-8-16(19)9-7-14/h6-9,13,15,19H,4-5,10-12H2,1-3H3. The van der Waals surface area contributed by atoms with Crippen LogP contribution < -0.4 is 0 Å². The Labute approximate surface area is 116 Å². The minimum absolute atomic E-state index is 0.346. The van der Waals surface area contributed by atoms with Crippen molar-refractivity contribution < 1.29 is 5.11 Å². The zero-order chi connectivity index (χ0) is 13.8. The highest BCUT2D eigenvalue weighted by Crippen LogP contribution is 2.27. The Balaban J connectivity index is 1.98. The molecule has 0 amide bonds. The fourth-order valence-electron chi connectivity index (χ4n) is 3.12. The number of hydrogen-bond donors (Lipinski definition) is 1. The van der Waals surface area contributed by atoms with Crippen LogP contribution in [0.4, 0.5) is 0 Å². The molecule has 19 heavy (non-hydrogen) atoms. The van der Waals surface area contributed by atoms with Crippen LogP contribution in [-0.4, -0.2) is 47.1 Å². The lowest BCUT2D eigenvalue weighted by molar-refractivity contribution is 0.193. The number of hydrogen-bond acceptors (Lipinski definition) is 3. The normalized spacial score (nSPS) is 22.0. The molecule has 2 unspecified atom stereocenters. The van der Waals surface area contributed by atoms with E-state index in [-0.39, 0.29) is 0 Å². The quantitative estimate of drug-likeness (QED) is 0.884. The largest absolute Gasteiger partial charge is 0.508 e. The molecular formula is C16H26N2O. The number of phenolic OH excluding ortho intramolecular Hbond substituents is 1. The molecular weight excluding hydrogens is 236 g/mol. The number of nitrogens with zero attached hydrogens (tertiary/aromatic N) is 2. The molecule has 1 aromatic carbocycles. The lowest BCUT2D eigenvalue weighted by Crippen LogP contribution is -2.37. The van der Waals surface area contributed by atoms with E-state index in [1.165, 1.54) is 18.5 Å². The maximum absolute atomic E-state index is 9.36. The van der Waals surface area contributed by atoms with Gasteiger partial charge in [-0.2, -0.15) is 0 Å². The number of aromatic hydroxyl groups is 1. The SMILES string of the molecule is CCN(CC)C1CCN(C(C)c2ccc(O)cc2)C1. The average molecular weight is 262 g/mol. The van der Waals surface area contributed by atoms with Gasteiger partial charge < -0.3 is 5.11 Å². The smallest absolute Gasteiger partial charge is 0.115 e. The van der Waals surface area contributed by atoms with Crippen LogP contribution in [0.25, 0.3) is 0 Å². The van der Waals surface area contributed by atoms with Crippen LogP contribution in [0.5, 0.6) is 5.75 Å². The maximum atomic E-state index is 9.36. The number of likely N-dealkylation sites (N-methyl/N-ethyl adjacent to an activating group) is 1. The molecule has 3 nitrogen and oxygen atoms in total. The Morgan fingerprint density at radius 1 is 1.26 bits per heavy atom. The van der Waals surface area contributed by atoms with Gasteiger partial charge in [0, 0.05) is 25.2 Å². The first kappa shape index (κ1) is 14.4. The molecule has 3 heteroatoms. The van der Waals surface area contributed by atoms with Gasteiger partial charge in [-0.25, -0.2) is 0 Å². The monoisotopic (exact) mass is 262 g/mol. The summed E-state index contributed by atoms with van der Waals surface area (Å²) in [4.78, 5) is 5.11. The Morgan fingerprint density at radius 3 is 2.47 bits per heavy atom. The second kappa shape index (κ2) is 6.40. The lowest BCUT2D eigenvalue weighted by atomic mass is 10.1. The van der Waals surface area contributed by atoms with Crippen LogP contribution in [0, 0.1) is 0 Å². The molecule has 2 rings (SSSR count). The van der Waals surface area contributed by atoms with Gasteiger partial charge >= 0.3 is 0 Å². The van der Waals surface area contributed by atoms with Crippen LogP contribution in [0.3, 0.4) is 0 Å². The van der Waals surface area contributed by atoms with Crippen molar-refractivity contribution in [1.82, 2.24) is 9.80 Å². The van der Waals surface area contributed by atoms with E-state index in [2.05, 4.69) is 30.6 Å². The van der Waals surface area contributed by atoms with Gasteiger partial charge in [-0.3, -0.25) is 9.80 Å². The zero-order valence-corrected chi connectivity index (χ0v) is 12.3. The lowest BCUT2D eigenvalue weighted by Gasteiger charge is -2.28. The summed E-state index contributed by atoms with van der Waals surface area (Å²) in [6, 6.07) is 8.76. The third-order valence-corrected chi connectivity index (χ3v) is 4.45. The molecule has 1 aliphatic heterocycles. The van der Waals surface area contributed by atoms with Crippen molar-refractivity contribution >= 4 is 0 Å². The van der Waals surface area contributed by atoms with Gasteiger partial charge in [0.25, 0.3) is 0 Å². The van der Waals surface area contributed by atoms with Crippen molar-refractivity contribution in [2.24, 2.45) is 0 Å². The summed E-state index contributed by atoms with van der Waals surface area (Å²) < 4.78 is 0. The Hall–Kier alpha value is -1.06. The van der Waals surface area contributed by atoms with Gasteiger partial charge in [0.1, 0.15) is 5.75 Å². The first-order valence-corrected chi connectivity index (χ1v) is 7.42. The second-order valence-electron chi connectivity index (χ2n) is 5.43. The topological polar surface area (TPSA) is 26.7 Å². The van der Waals surface area contributed by atoms with E-state index >= 15 is 0 Å². The van der Waals surface area contributed by atoms with E-state index in [0.717, 1.165) is 19.6 Å². The van der Waals surface area contributed by atoms with Crippen molar-refractivity contribution in [2.45, 2.75) is 39.3 Å². The summed E-state index contributed by atoms with van der Waals surface area (Å²) in [6.07, 6.45) is 1.27. The van der Waals surface area contributed by atoms with Crippen molar-refractivity contribution in [3.05, 3.63) is 29.8 Å². The molecule has 2 atom stereocenters. The molecule has 1 aliphatic rings. The molecule has 106 valence electrons. The van der Waals surface area contributed by atoms with E-state index in [1.807, 2.05) is 12.1 Å². The van der Waals surface area contributed by atoms with Crippen molar-refractivity contribution in [3.63, 3.8) is 0 Å². The third kappa shape index (κ3) is 3.28. The third-order valence-electron chi connectivity index (χ3n) is 4.45. The van der Waals surface area contributed by atoms with Crippen LogP contribution in [-0.2, 0) is 0 Å². The highest BCUT2D eigenvalue weighted by atomic mass is 16.3. The zero-order valence-electron chi connectivity index (χ0n) is 12.3. The van der Waals surface area contributed by atoms with Gasteiger partial charge in [0.05, 0.1) is 0 Å². The first-order valence-electron chi connectivity index (χ1n) is 7.42. The van der Waals surface area contributed by atoms with Crippen molar-refractivity contribution in [3.8, 4) is 5.75 Å². The average Bonchev–Trinajstić information content (AvgIpc) is 2.90. The van der Waals surface area contributed by atoms with E-state index in [0.29, 0.717) is 17.8 Å². The summed E-state index contributed by atoms with van der Waals surface area (Å²) in [5.41, 5.74) is 1.29. The van der Waals surface area contributed by atoms with E-state index in [1.54, 1.807) is 12.1 Å². The first-order chi connectivity index (χ1) is 9.15. The predicted octanol–water partition coefficient (Wildman–Crippen LogP) is 2.87. The molecule has 1 saturated heterocycles. The number of phenols is 1. The van der Waals surface area contributed by atoms with Crippen molar-refractivity contribution in [2.75, 3.05) is 26.2 Å². The van der Waals surface area contributed by atoms with Gasteiger partial charge in [-0.15, -0.1) is 0 Å². The number of likely N-dealkylation sites (tertiary alicyclic amines) is 1. The van der Waals surface area contributed by atoms with Crippen LogP contribution in [0.15, 0.2) is 24.3 Å². The van der Waals surface area contributed by atoms with Gasteiger partial charge in [0.15, 0.2) is 0 Å². The molecule has 0 bridgehead atoms. The van der Waals surface area contributed by atoms with Gasteiger partial charge in [-0.1, -0.05) is 26.0 Å². The summed E-state index contributed by atoms with van der Waals surface area (Å²) >= 11 is 0. The summed E-state index contributed by atoms with van der Waals surface area (Å²) in [5.74, 6) is 0.346. The molecule has 0 aliphatic carbocycles. The minimum atomic E-state index is 0.346. The van der Waals surface area contributed by atoms with Crippen molar-refractivity contribution in [1.29, 1.82) is 0 Å². The van der Waals surface area contributed by atoms with E-state index in [4.69, 9.17) is 0 Å². The Kier molecular flexibility index (Phi) is 4.83. The Morgan fingerprint density at radius 2 is 1.89 bits per heavy atom. The molecule has 0 spiro atoms. The van der Waals surface area contributed by atoms with Crippen LogP contribution >= 0.6 is 0 Å². The van der Waals surface area contributed by atoms with Crippen LogP contribution in [0.1, 0.15) is 38.8 Å². The molecule has 0 radical (unpaired) electrons. The number of benzene rings is 1. The maximum Gasteiger partial charge on any atom is 0.115 e. The summed E-state index contributed by atoms with van der Waals surface area (Å²) in [5, 5.41) is 9.36. The summed E-state index contributed by atoms with van der Waals surface area (Å²) in [6.45, 7) is 11.4. The van der Waals surface area contributed by atoms with Gasteiger partial charge in [-0.05, 0) is 44.1 Å². The fraction of sp³-hybridized carbons (Fsp3) is 0.625. The van der Waals surface area contributed by atoms with Gasteiger partial charge in [0.2, 0.25) is 0 Å². The molecule has 1 N–H and O–H groups in total. The minimum Gasteiger partial charge on any atom is -0.508 e. The predicted molar refractivity (Wildman–Crippen MR) is 79.4 cm³/mol. The Bertz CT molecular complexity index is 386.